The van der Waals surface area contributed by atoms with E-state index in [2.05, 4.69) is 68.9 Å². The van der Waals surface area contributed by atoms with Gasteiger partial charge in [0, 0.05) is 19.6 Å². The summed E-state index contributed by atoms with van der Waals surface area (Å²) in [6.07, 6.45) is 7.28. The molecule has 33 heavy (non-hydrogen) atoms. The molecule has 1 saturated heterocycles. The van der Waals surface area contributed by atoms with E-state index in [1.807, 2.05) is 12.1 Å². The van der Waals surface area contributed by atoms with Crippen LogP contribution in [-0.4, -0.2) is 45.3 Å². The van der Waals surface area contributed by atoms with Gasteiger partial charge >= 0.3 is 0 Å². The first-order valence-electron chi connectivity index (χ1n) is 11.6. The molecule has 0 atom stereocenters. The van der Waals surface area contributed by atoms with Crippen LogP contribution in [0.5, 0.6) is 0 Å². The van der Waals surface area contributed by atoms with Crippen LogP contribution in [-0.2, 0) is 19.6 Å². The van der Waals surface area contributed by atoms with E-state index in [0.29, 0.717) is 6.54 Å². The van der Waals surface area contributed by atoms with Crippen LogP contribution in [0.15, 0.2) is 66.2 Å². The van der Waals surface area contributed by atoms with Crippen molar-refractivity contribution in [1.29, 1.82) is 0 Å². The minimum Gasteiger partial charge on any atom is -0.357 e. The monoisotopic (exact) mass is 559 g/mol. The number of benzene rings is 2. The quantitative estimate of drug-likeness (QED) is 0.247. The van der Waals surface area contributed by atoms with Gasteiger partial charge in [0.2, 0.25) is 0 Å². The molecule has 0 amide bonds. The van der Waals surface area contributed by atoms with Gasteiger partial charge in [0.15, 0.2) is 5.96 Å². The predicted octanol–water partition coefficient (Wildman–Crippen LogP) is 4.13. The zero-order chi connectivity index (χ0) is 22.0. The van der Waals surface area contributed by atoms with Gasteiger partial charge in [0.1, 0.15) is 12.7 Å². The molecule has 0 radical (unpaired) electrons. The lowest BCUT2D eigenvalue weighted by molar-refractivity contribution is 0.221. The highest BCUT2D eigenvalue weighted by molar-refractivity contribution is 14.0. The van der Waals surface area contributed by atoms with E-state index in [0.717, 1.165) is 36.8 Å². The molecule has 2 aromatic carbocycles. The molecule has 3 aromatic rings. The molecule has 4 rings (SSSR count). The van der Waals surface area contributed by atoms with Crippen molar-refractivity contribution in [2.24, 2.45) is 4.99 Å². The topological polar surface area (TPSA) is 70.4 Å². The second kappa shape index (κ2) is 13.3. The normalized spacial score (nSPS) is 14.5. The van der Waals surface area contributed by atoms with Gasteiger partial charge in [-0.15, -0.1) is 24.0 Å². The van der Waals surface area contributed by atoms with Crippen LogP contribution in [0.3, 0.4) is 0 Å². The Morgan fingerprint density at radius 2 is 1.61 bits per heavy atom. The third kappa shape index (κ3) is 7.82. The molecule has 2 N–H and O–H groups in total. The van der Waals surface area contributed by atoms with Crippen LogP contribution in [0.1, 0.15) is 42.9 Å². The van der Waals surface area contributed by atoms with E-state index in [1.54, 1.807) is 11.0 Å². The van der Waals surface area contributed by atoms with Gasteiger partial charge in [-0.1, -0.05) is 42.8 Å². The standard InChI is InChI=1S/C25H33N7.HI/c1-2-27-25(29-17-22-10-12-24(13-11-22)32-20-26-19-30-32)28-16-21-6-8-23(9-7-21)18-31-14-4-3-5-15-31;/h6-13,19-20H,2-5,14-18H2,1H3,(H2,27,28,29);1H. The number of piperidine rings is 1. The zero-order valence-electron chi connectivity index (χ0n) is 19.3. The van der Waals surface area contributed by atoms with Crippen molar-refractivity contribution < 1.29 is 0 Å². The molecule has 1 fully saturated rings. The number of hydrogen-bond acceptors (Lipinski definition) is 4. The van der Waals surface area contributed by atoms with E-state index < -0.39 is 0 Å². The summed E-state index contributed by atoms with van der Waals surface area (Å²) in [7, 11) is 0. The highest BCUT2D eigenvalue weighted by Crippen LogP contribution is 2.14. The number of nitrogens with one attached hydrogen (secondary N) is 2. The van der Waals surface area contributed by atoms with Gasteiger partial charge in [-0.3, -0.25) is 4.90 Å². The van der Waals surface area contributed by atoms with Crippen molar-refractivity contribution in [2.75, 3.05) is 19.6 Å². The number of guanidine groups is 1. The van der Waals surface area contributed by atoms with Crippen LogP contribution >= 0.6 is 24.0 Å². The third-order valence-corrected chi connectivity index (χ3v) is 5.72. The van der Waals surface area contributed by atoms with Crippen molar-refractivity contribution >= 4 is 29.9 Å². The van der Waals surface area contributed by atoms with Gasteiger partial charge in [-0.05, 0) is 61.7 Å². The first-order chi connectivity index (χ1) is 15.8. The van der Waals surface area contributed by atoms with Crippen molar-refractivity contribution in [2.45, 2.75) is 45.8 Å². The van der Waals surface area contributed by atoms with Crippen molar-refractivity contribution in [3.05, 3.63) is 77.9 Å². The molecule has 2 heterocycles. The Kier molecular flexibility index (Phi) is 10.1. The molecular formula is C25H34IN7. The molecule has 0 saturated carbocycles. The van der Waals surface area contributed by atoms with Gasteiger partial charge < -0.3 is 10.6 Å². The van der Waals surface area contributed by atoms with Crippen molar-refractivity contribution in [3.8, 4) is 5.69 Å². The first kappa shape index (κ1) is 25.2. The average molecular weight is 560 g/mol. The molecule has 0 spiro atoms. The van der Waals surface area contributed by atoms with Crippen LogP contribution in [0, 0.1) is 0 Å². The molecule has 1 aliphatic rings. The fourth-order valence-electron chi connectivity index (χ4n) is 3.93. The lowest BCUT2D eigenvalue weighted by atomic mass is 10.1. The molecule has 1 aromatic heterocycles. The maximum Gasteiger partial charge on any atom is 0.191 e. The molecule has 0 unspecified atom stereocenters. The van der Waals surface area contributed by atoms with E-state index in [1.165, 1.54) is 49.8 Å². The molecule has 176 valence electrons. The molecule has 0 aliphatic carbocycles. The number of aromatic nitrogens is 3. The lowest BCUT2D eigenvalue weighted by Crippen LogP contribution is -2.36. The number of hydrogen-bond donors (Lipinski definition) is 2. The summed E-state index contributed by atoms with van der Waals surface area (Å²) in [6.45, 7) is 7.80. The first-order valence-corrected chi connectivity index (χ1v) is 11.6. The summed E-state index contributed by atoms with van der Waals surface area (Å²) in [6, 6.07) is 17.2. The molecule has 7 nitrogen and oxygen atoms in total. The average Bonchev–Trinajstić information content (AvgIpc) is 3.38. The number of halogens is 1. The van der Waals surface area contributed by atoms with E-state index in [-0.39, 0.29) is 24.0 Å². The van der Waals surface area contributed by atoms with Crippen molar-refractivity contribution in [3.63, 3.8) is 0 Å². The minimum absolute atomic E-state index is 0. The van der Waals surface area contributed by atoms with Gasteiger partial charge in [-0.2, -0.15) is 5.10 Å². The van der Waals surface area contributed by atoms with Gasteiger partial charge in [0.05, 0.1) is 12.2 Å². The third-order valence-electron chi connectivity index (χ3n) is 5.72. The maximum atomic E-state index is 4.74. The number of rotatable bonds is 8. The van der Waals surface area contributed by atoms with Crippen LogP contribution < -0.4 is 10.6 Å². The summed E-state index contributed by atoms with van der Waals surface area (Å²) < 4.78 is 1.75. The van der Waals surface area contributed by atoms with E-state index in [4.69, 9.17) is 4.99 Å². The number of likely N-dealkylation sites (tertiary alicyclic amines) is 1. The summed E-state index contributed by atoms with van der Waals surface area (Å²) in [4.78, 5) is 11.3. The fraction of sp³-hybridized carbons (Fsp3) is 0.400. The minimum atomic E-state index is 0. The van der Waals surface area contributed by atoms with Gasteiger partial charge in [0.25, 0.3) is 0 Å². The smallest absolute Gasteiger partial charge is 0.191 e. The largest absolute Gasteiger partial charge is 0.357 e. The summed E-state index contributed by atoms with van der Waals surface area (Å²) in [5, 5.41) is 10.9. The fourth-order valence-corrected chi connectivity index (χ4v) is 3.93. The molecule has 1 aliphatic heterocycles. The van der Waals surface area contributed by atoms with Gasteiger partial charge in [-0.25, -0.2) is 14.7 Å². The van der Waals surface area contributed by atoms with Crippen LogP contribution in [0.2, 0.25) is 0 Å². The molecule has 8 heteroatoms. The Labute approximate surface area is 213 Å². The highest BCUT2D eigenvalue weighted by Gasteiger charge is 2.10. The Morgan fingerprint density at radius 3 is 2.27 bits per heavy atom. The molecule has 0 bridgehead atoms. The van der Waals surface area contributed by atoms with Crippen LogP contribution in [0.25, 0.3) is 5.69 Å². The maximum absolute atomic E-state index is 4.74. The second-order valence-corrected chi connectivity index (χ2v) is 8.21. The van der Waals surface area contributed by atoms with Crippen LogP contribution in [0.4, 0.5) is 0 Å². The second-order valence-electron chi connectivity index (χ2n) is 8.21. The summed E-state index contributed by atoms with van der Waals surface area (Å²) >= 11 is 0. The number of nitrogens with zero attached hydrogens (tertiary/aromatic N) is 5. The van der Waals surface area contributed by atoms with E-state index in [9.17, 15) is 0 Å². The Balaban J connectivity index is 0.00000306. The Bertz CT molecular complexity index is 963. The SMILES string of the molecule is CCNC(=NCc1ccc(-n2cncn2)cc1)NCc1ccc(CN2CCCCC2)cc1.I. The summed E-state index contributed by atoms with van der Waals surface area (Å²) in [5.41, 5.74) is 4.79. The predicted molar refractivity (Wildman–Crippen MR) is 144 cm³/mol. The molecular weight excluding hydrogens is 525 g/mol. The Morgan fingerprint density at radius 1 is 0.909 bits per heavy atom. The number of aliphatic imine (C=N–C) groups is 1. The zero-order valence-corrected chi connectivity index (χ0v) is 21.6. The lowest BCUT2D eigenvalue weighted by Gasteiger charge is -2.26. The Hall–Kier alpha value is -2.46. The van der Waals surface area contributed by atoms with E-state index >= 15 is 0 Å². The van der Waals surface area contributed by atoms with Crippen molar-refractivity contribution in [1.82, 2.24) is 30.3 Å². The highest BCUT2D eigenvalue weighted by atomic mass is 127. The summed E-state index contributed by atoms with van der Waals surface area (Å²) in [5.74, 6) is 0.824.